The van der Waals surface area contributed by atoms with Crippen LogP contribution in [0.1, 0.15) is 50.9 Å². The number of hydrogen-bond donors (Lipinski definition) is 1. The molecule has 1 aromatic rings. The van der Waals surface area contributed by atoms with Gasteiger partial charge in [0.25, 0.3) is 0 Å². The second kappa shape index (κ2) is 7.49. The molecule has 1 rings (SSSR count). The lowest BCUT2D eigenvalue weighted by molar-refractivity contribution is 0.523. The molecule has 0 unspecified atom stereocenters. The summed E-state index contributed by atoms with van der Waals surface area (Å²) in [5.41, 5.74) is 2.47. The van der Waals surface area contributed by atoms with E-state index in [1.807, 2.05) is 6.33 Å². The van der Waals surface area contributed by atoms with Crippen LogP contribution in [0.25, 0.3) is 0 Å². The van der Waals surface area contributed by atoms with Crippen molar-refractivity contribution >= 4 is 0 Å². The second-order valence-corrected chi connectivity index (χ2v) is 5.13. The van der Waals surface area contributed by atoms with Crippen LogP contribution in [0.15, 0.2) is 6.33 Å². The first-order valence-electron chi connectivity index (χ1n) is 6.83. The molecule has 0 aliphatic heterocycles. The minimum Gasteiger partial charge on any atom is -0.335 e. The molecule has 1 N–H and O–H groups in total. The first kappa shape index (κ1) is 14.2. The highest BCUT2D eigenvalue weighted by Crippen LogP contribution is 2.07. The number of aromatic nitrogens is 2. The largest absolute Gasteiger partial charge is 0.335 e. The normalized spacial score (nSPS) is 11.4. The number of nitrogens with one attached hydrogen (secondary N) is 1. The Labute approximate surface area is 106 Å². The Morgan fingerprint density at radius 2 is 1.88 bits per heavy atom. The van der Waals surface area contributed by atoms with Crippen molar-refractivity contribution in [3.05, 3.63) is 17.7 Å². The summed E-state index contributed by atoms with van der Waals surface area (Å²) >= 11 is 0. The van der Waals surface area contributed by atoms with Crippen LogP contribution in [0.3, 0.4) is 0 Å². The Morgan fingerprint density at radius 1 is 1.18 bits per heavy atom. The molecule has 3 nitrogen and oxygen atoms in total. The smallest absolute Gasteiger partial charge is 0.0951 e. The van der Waals surface area contributed by atoms with Crippen molar-refractivity contribution in [2.45, 2.75) is 66.0 Å². The zero-order valence-electron chi connectivity index (χ0n) is 11.8. The topological polar surface area (TPSA) is 29.9 Å². The molecule has 0 radical (unpaired) electrons. The molecule has 3 heteroatoms. The fourth-order valence-corrected chi connectivity index (χ4v) is 1.92. The summed E-state index contributed by atoms with van der Waals surface area (Å²) in [6, 6.07) is 0.617. The number of unbranched alkanes of at least 4 members (excludes halogenated alkanes) is 3. The number of imidazole rings is 1. The van der Waals surface area contributed by atoms with E-state index in [9.17, 15) is 0 Å². The van der Waals surface area contributed by atoms with Crippen LogP contribution in [0.2, 0.25) is 0 Å². The van der Waals surface area contributed by atoms with Crippen LogP contribution in [-0.2, 0) is 6.54 Å². The summed E-state index contributed by atoms with van der Waals surface area (Å²) in [6.07, 6.45) is 7.16. The molecule has 0 aromatic carbocycles. The monoisotopic (exact) mass is 237 g/mol. The maximum atomic E-state index is 4.32. The van der Waals surface area contributed by atoms with Crippen molar-refractivity contribution < 1.29 is 0 Å². The van der Waals surface area contributed by atoms with Crippen LogP contribution >= 0.6 is 0 Å². The summed E-state index contributed by atoms with van der Waals surface area (Å²) in [6.45, 7) is 10.9. The van der Waals surface area contributed by atoms with Crippen molar-refractivity contribution in [3.8, 4) is 0 Å². The fourth-order valence-electron chi connectivity index (χ4n) is 1.92. The molecule has 0 atom stereocenters. The average Bonchev–Trinajstić information content (AvgIpc) is 2.59. The van der Waals surface area contributed by atoms with Crippen molar-refractivity contribution in [3.63, 3.8) is 0 Å². The van der Waals surface area contributed by atoms with E-state index in [-0.39, 0.29) is 0 Å². The molecule has 17 heavy (non-hydrogen) atoms. The van der Waals surface area contributed by atoms with E-state index in [1.54, 1.807) is 0 Å². The van der Waals surface area contributed by atoms with Gasteiger partial charge < -0.3 is 9.88 Å². The first-order valence-corrected chi connectivity index (χ1v) is 6.83. The zero-order chi connectivity index (χ0) is 12.7. The first-order chi connectivity index (χ1) is 8.11. The molecule has 0 fully saturated rings. The zero-order valence-corrected chi connectivity index (χ0v) is 11.8. The van der Waals surface area contributed by atoms with E-state index in [4.69, 9.17) is 0 Å². The van der Waals surface area contributed by atoms with Gasteiger partial charge in [0.05, 0.1) is 12.0 Å². The third-order valence-electron chi connectivity index (χ3n) is 3.22. The lowest BCUT2D eigenvalue weighted by Crippen LogP contribution is -2.23. The van der Waals surface area contributed by atoms with Crippen molar-refractivity contribution in [2.75, 3.05) is 6.54 Å². The van der Waals surface area contributed by atoms with Crippen LogP contribution in [-0.4, -0.2) is 22.1 Å². The predicted molar refractivity (Wildman–Crippen MR) is 73.3 cm³/mol. The molecule has 1 aromatic heterocycles. The van der Waals surface area contributed by atoms with E-state index < -0.39 is 0 Å². The van der Waals surface area contributed by atoms with Gasteiger partial charge in [0.15, 0.2) is 0 Å². The van der Waals surface area contributed by atoms with Gasteiger partial charge in [-0.15, -0.1) is 0 Å². The Hall–Kier alpha value is -0.830. The third-order valence-corrected chi connectivity index (χ3v) is 3.22. The number of nitrogens with zero attached hydrogens (tertiary/aromatic N) is 2. The SMILES string of the molecule is Cc1ncn(CCCCCCNC(C)C)c1C. The quantitative estimate of drug-likeness (QED) is 0.704. The number of rotatable bonds is 8. The van der Waals surface area contributed by atoms with Gasteiger partial charge >= 0.3 is 0 Å². The molecule has 0 spiro atoms. The summed E-state index contributed by atoms with van der Waals surface area (Å²) in [4.78, 5) is 4.32. The van der Waals surface area contributed by atoms with E-state index >= 15 is 0 Å². The molecular weight excluding hydrogens is 210 g/mol. The Balaban J connectivity index is 2.03. The van der Waals surface area contributed by atoms with Crippen LogP contribution in [0.5, 0.6) is 0 Å². The van der Waals surface area contributed by atoms with Gasteiger partial charge in [-0.05, 0) is 33.2 Å². The summed E-state index contributed by atoms with van der Waals surface area (Å²) in [5, 5.41) is 3.45. The van der Waals surface area contributed by atoms with Gasteiger partial charge in [0.2, 0.25) is 0 Å². The van der Waals surface area contributed by atoms with Gasteiger partial charge in [-0.2, -0.15) is 0 Å². The molecule has 0 saturated carbocycles. The van der Waals surface area contributed by atoms with E-state index in [0.29, 0.717) is 6.04 Å². The fraction of sp³-hybridized carbons (Fsp3) is 0.786. The van der Waals surface area contributed by atoms with Crippen molar-refractivity contribution in [1.82, 2.24) is 14.9 Å². The molecule has 0 saturated heterocycles. The lowest BCUT2D eigenvalue weighted by atomic mass is 10.2. The Bertz CT molecular complexity index is 315. The number of hydrogen-bond acceptors (Lipinski definition) is 2. The minimum atomic E-state index is 0.617. The van der Waals surface area contributed by atoms with Gasteiger partial charge in [-0.1, -0.05) is 26.7 Å². The van der Waals surface area contributed by atoms with E-state index in [2.05, 4.69) is 42.6 Å². The predicted octanol–water partition coefficient (Wildman–Crippen LogP) is 3.06. The lowest BCUT2D eigenvalue weighted by Gasteiger charge is -2.08. The van der Waals surface area contributed by atoms with Gasteiger partial charge in [0, 0.05) is 18.3 Å². The van der Waals surface area contributed by atoms with Crippen molar-refractivity contribution in [1.29, 1.82) is 0 Å². The Morgan fingerprint density at radius 3 is 2.47 bits per heavy atom. The van der Waals surface area contributed by atoms with Crippen LogP contribution in [0.4, 0.5) is 0 Å². The number of aryl methyl sites for hydroxylation is 2. The molecule has 0 bridgehead atoms. The molecular formula is C14H27N3. The molecule has 0 aliphatic rings. The van der Waals surface area contributed by atoms with E-state index in [1.165, 1.54) is 31.4 Å². The highest BCUT2D eigenvalue weighted by Gasteiger charge is 2.00. The van der Waals surface area contributed by atoms with Gasteiger partial charge in [-0.3, -0.25) is 0 Å². The third kappa shape index (κ3) is 5.35. The highest BCUT2D eigenvalue weighted by molar-refractivity contribution is 5.08. The summed E-state index contributed by atoms with van der Waals surface area (Å²) in [7, 11) is 0. The van der Waals surface area contributed by atoms with Crippen LogP contribution in [0, 0.1) is 13.8 Å². The van der Waals surface area contributed by atoms with Gasteiger partial charge in [0.1, 0.15) is 0 Å². The molecule has 0 aliphatic carbocycles. The standard InChI is InChI=1S/C14H27N3/c1-12(2)15-9-7-5-6-8-10-17-11-16-13(3)14(17)4/h11-12,15H,5-10H2,1-4H3. The summed E-state index contributed by atoms with van der Waals surface area (Å²) < 4.78 is 2.27. The maximum Gasteiger partial charge on any atom is 0.0951 e. The highest BCUT2D eigenvalue weighted by atomic mass is 15.0. The summed E-state index contributed by atoms with van der Waals surface area (Å²) in [5.74, 6) is 0. The average molecular weight is 237 g/mol. The minimum absolute atomic E-state index is 0.617. The molecule has 98 valence electrons. The Kier molecular flexibility index (Phi) is 6.27. The molecule has 1 heterocycles. The maximum absolute atomic E-state index is 4.32. The van der Waals surface area contributed by atoms with Gasteiger partial charge in [-0.25, -0.2) is 4.98 Å². The van der Waals surface area contributed by atoms with E-state index in [0.717, 1.165) is 18.8 Å². The molecule has 0 amide bonds. The van der Waals surface area contributed by atoms with Crippen LogP contribution < -0.4 is 5.32 Å². The second-order valence-electron chi connectivity index (χ2n) is 5.13. The van der Waals surface area contributed by atoms with Crippen molar-refractivity contribution in [2.24, 2.45) is 0 Å².